The molecule has 2 rings (SSSR count). The number of carbonyl (C=O) groups is 2. The number of amides is 2. The van der Waals surface area contributed by atoms with Crippen LogP contribution in [-0.2, 0) is 14.3 Å². The molecule has 1 aromatic carbocycles. The van der Waals surface area contributed by atoms with Crippen LogP contribution in [0.1, 0.15) is 5.56 Å². The molecule has 0 saturated carbocycles. The van der Waals surface area contributed by atoms with Crippen molar-refractivity contribution in [2.45, 2.75) is 0 Å². The van der Waals surface area contributed by atoms with E-state index in [-0.39, 0.29) is 11.8 Å². The van der Waals surface area contributed by atoms with E-state index in [1.54, 1.807) is 36.3 Å². The van der Waals surface area contributed by atoms with Crippen molar-refractivity contribution in [3.8, 4) is 0 Å². The average molecular weight is 401 g/mol. The predicted octanol–water partition coefficient (Wildman–Crippen LogP) is 0.496. The standard InChI is InChI=1S/C18H23Cl2N3O3/c1-26-11-6-21-17(24)13-22-7-9-23(10-8-22)18(25)5-3-14-2-4-15(19)16(20)12-14/h2-5,12H,6-11,13H2,1H3,(H,21,24)/p+1/b5-3+. The number of hydrogen-bond acceptors (Lipinski definition) is 3. The molecular formula is C18H24Cl2N3O3+. The van der Waals surface area contributed by atoms with Crippen molar-refractivity contribution in [1.82, 2.24) is 10.2 Å². The van der Waals surface area contributed by atoms with Crippen molar-refractivity contribution in [2.24, 2.45) is 0 Å². The van der Waals surface area contributed by atoms with Crippen LogP contribution < -0.4 is 10.2 Å². The van der Waals surface area contributed by atoms with Gasteiger partial charge < -0.3 is 19.9 Å². The van der Waals surface area contributed by atoms with Crippen LogP contribution in [0.3, 0.4) is 0 Å². The van der Waals surface area contributed by atoms with Gasteiger partial charge in [0.15, 0.2) is 6.54 Å². The highest BCUT2D eigenvalue weighted by Gasteiger charge is 2.23. The van der Waals surface area contributed by atoms with Crippen LogP contribution in [0.15, 0.2) is 24.3 Å². The SMILES string of the molecule is COCCNC(=O)C[NH+]1CCN(C(=O)/C=C/c2ccc(Cl)c(Cl)c2)CC1. The molecule has 0 aliphatic carbocycles. The van der Waals surface area contributed by atoms with E-state index in [2.05, 4.69) is 5.32 Å². The smallest absolute Gasteiger partial charge is 0.275 e. The second-order valence-electron chi connectivity index (χ2n) is 6.10. The van der Waals surface area contributed by atoms with Crippen molar-refractivity contribution in [2.75, 3.05) is 53.0 Å². The number of benzene rings is 1. The van der Waals surface area contributed by atoms with E-state index in [1.165, 1.54) is 4.90 Å². The molecule has 2 N–H and O–H groups in total. The summed E-state index contributed by atoms with van der Waals surface area (Å²) in [6.45, 7) is 4.22. The van der Waals surface area contributed by atoms with Gasteiger partial charge in [0.2, 0.25) is 5.91 Å². The average Bonchev–Trinajstić information content (AvgIpc) is 2.63. The van der Waals surface area contributed by atoms with Gasteiger partial charge in [0.25, 0.3) is 5.91 Å². The van der Waals surface area contributed by atoms with Crippen LogP contribution in [-0.4, -0.2) is 69.7 Å². The molecule has 0 aromatic heterocycles. The third-order valence-corrected chi connectivity index (χ3v) is 4.92. The van der Waals surface area contributed by atoms with E-state index in [4.69, 9.17) is 27.9 Å². The highest BCUT2D eigenvalue weighted by molar-refractivity contribution is 6.42. The molecule has 0 unspecified atom stereocenters. The molecule has 0 spiro atoms. The molecular weight excluding hydrogens is 377 g/mol. The third kappa shape index (κ3) is 6.61. The largest absolute Gasteiger partial charge is 0.383 e. The fraction of sp³-hybridized carbons (Fsp3) is 0.444. The zero-order chi connectivity index (χ0) is 18.9. The summed E-state index contributed by atoms with van der Waals surface area (Å²) in [5.74, 6) is -0.0315. The molecule has 1 aliphatic heterocycles. The van der Waals surface area contributed by atoms with Crippen LogP contribution in [0, 0.1) is 0 Å². The number of nitrogens with one attached hydrogen (secondary N) is 2. The highest BCUT2D eigenvalue weighted by Crippen LogP contribution is 2.23. The van der Waals surface area contributed by atoms with E-state index in [0.29, 0.717) is 42.8 Å². The lowest BCUT2D eigenvalue weighted by atomic mass is 10.2. The molecule has 0 atom stereocenters. The van der Waals surface area contributed by atoms with Gasteiger partial charge in [-0.2, -0.15) is 0 Å². The number of halogens is 2. The number of nitrogens with zero attached hydrogens (tertiary/aromatic N) is 1. The summed E-state index contributed by atoms with van der Waals surface area (Å²) in [5, 5.41) is 3.76. The van der Waals surface area contributed by atoms with Gasteiger partial charge >= 0.3 is 0 Å². The molecule has 142 valence electrons. The van der Waals surface area contributed by atoms with Crippen molar-refractivity contribution in [1.29, 1.82) is 0 Å². The summed E-state index contributed by atoms with van der Waals surface area (Å²) in [4.78, 5) is 27.1. The van der Waals surface area contributed by atoms with Crippen LogP contribution in [0.25, 0.3) is 6.08 Å². The number of quaternary nitrogens is 1. The fourth-order valence-corrected chi connectivity index (χ4v) is 3.00. The van der Waals surface area contributed by atoms with E-state index < -0.39 is 0 Å². The minimum atomic E-state index is -0.0420. The number of piperazine rings is 1. The Balaban J connectivity index is 1.76. The zero-order valence-electron chi connectivity index (χ0n) is 14.8. The number of methoxy groups -OCH3 is 1. The summed E-state index contributed by atoms with van der Waals surface area (Å²) in [6.07, 6.45) is 3.27. The van der Waals surface area contributed by atoms with Crippen molar-refractivity contribution < 1.29 is 19.2 Å². The lowest BCUT2D eigenvalue weighted by Crippen LogP contribution is -3.15. The second-order valence-corrected chi connectivity index (χ2v) is 6.92. The van der Waals surface area contributed by atoms with E-state index in [0.717, 1.165) is 18.7 Å². The Kier molecular flexibility index (Phi) is 8.38. The predicted molar refractivity (Wildman–Crippen MR) is 103 cm³/mol. The molecule has 0 radical (unpaired) electrons. The Morgan fingerprint density at radius 2 is 2.00 bits per heavy atom. The third-order valence-electron chi connectivity index (χ3n) is 4.18. The van der Waals surface area contributed by atoms with Gasteiger partial charge in [0.05, 0.1) is 42.8 Å². The normalized spacial score (nSPS) is 15.4. The zero-order valence-corrected chi connectivity index (χ0v) is 16.3. The molecule has 1 saturated heterocycles. The van der Waals surface area contributed by atoms with Gasteiger partial charge in [-0.25, -0.2) is 0 Å². The van der Waals surface area contributed by atoms with Crippen LogP contribution in [0.4, 0.5) is 0 Å². The van der Waals surface area contributed by atoms with Crippen molar-refractivity contribution >= 4 is 41.1 Å². The lowest BCUT2D eigenvalue weighted by molar-refractivity contribution is -0.896. The molecule has 2 amide bonds. The lowest BCUT2D eigenvalue weighted by Gasteiger charge is -2.31. The molecule has 1 aliphatic rings. The monoisotopic (exact) mass is 400 g/mol. The van der Waals surface area contributed by atoms with Gasteiger partial charge in [0.1, 0.15) is 0 Å². The topological polar surface area (TPSA) is 63.1 Å². The van der Waals surface area contributed by atoms with Gasteiger partial charge in [-0.15, -0.1) is 0 Å². The van der Waals surface area contributed by atoms with Crippen LogP contribution >= 0.6 is 23.2 Å². The van der Waals surface area contributed by atoms with Crippen molar-refractivity contribution in [3.63, 3.8) is 0 Å². The number of hydrogen-bond donors (Lipinski definition) is 2. The Hall–Kier alpha value is -1.60. The summed E-state index contributed by atoms with van der Waals surface area (Å²) in [6, 6.07) is 5.23. The highest BCUT2D eigenvalue weighted by atomic mass is 35.5. The minimum Gasteiger partial charge on any atom is -0.383 e. The quantitative estimate of drug-likeness (QED) is 0.517. The first-order valence-corrected chi connectivity index (χ1v) is 9.26. The fourth-order valence-electron chi connectivity index (χ4n) is 2.69. The Morgan fingerprint density at radius 1 is 1.27 bits per heavy atom. The molecule has 1 heterocycles. The van der Waals surface area contributed by atoms with E-state index in [9.17, 15) is 9.59 Å². The summed E-state index contributed by atoms with van der Waals surface area (Å²) in [7, 11) is 1.60. The maximum Gasteiger partial charge on any atom is 0.275 e. The molecule has 1 aromatic rings. The Morgan fingerprint density at radius 3 is 2.65 bits per heavy atom. The van der Waals surface area contributed by atoms with Crippen LogP contribution in [0.5, 0.6) is 0 Å². The first-order chi connectivity index (χ1) is 12.5. The Labute approximate surface area is 163 Å². The van der Waals surface area contributed by atoms with Gasteiger partial charge in [-0.05, 0) is 23.8 Å². The summed E-state index contributed by atoms with van der Waals surface area (Å²) < 4.78 is 4.90. The number of ether oxygens (including phenoxy) is 1. The second kappa shape index (κ2) is 10.5. The van der Waals surface area contributed by atoms with Gasteiger partial charge in [-0.1, -0.05) is 29.3 Å². The first-order valence-electron chi connectivity index (χ1n) is 8.51. The van der Waals surface area contributed by atoms with E-state index >= 15 is 0 Å². The number of carbonyl (C=O) groups excluding carboxylic acids is 2. The molecule has 1 fully saturated rings. The van der Waals surface area contributed by atoms with Crippen LogP contribution in [0.2, 0.25) is 10.0 Å². The maximum absolute atomic E-state index is 12.3. The van der Waals surface area contributed by atoms with E-state index in [1.807, 2.05) is 6.07 Å². The van der Waals surface area contributed by atoms with Gasteiger partial charge in [0, 0.05) is 19.7 Å². The number of rotatable bonds is 7. The van der Waals surface area contributed by atoms with Gasteiger partial charge in [-0.3, -0.25) is 9.59 Å². The Bertz CT molecular complexity index is 659. The van der Waals surface area contributed by atoms with Crippen molar-refractivity contribution in [3.05, 3.63) is 39.9 Å². The first kappa shape index (κ1) is 20.7. The molecule has 0 bridgehead atoms. The summed E-state index contributed by atoms with van der Waals surface area (Å²) in [5.41, 5.74) is 0.824. The minimum absolute atomic E-state index is 0.0105. The molecule has 6 nitrogen and oxygen atoms in total. The molecule has 26 heavy (non-hydrogen) atoms. The summed E-state index contributed by atoms with van der Waals surface area (Å²) >= 11 is 11.9. The molecule has 8 heteroatoms. The maximum atomic E-state index is 12.3.